The number of hydrogen-bond donors (Lipinski definition) is 2. The van der Waals surface area contributed by atoms with Crippen LogP contribution in [-0.2, 0) is 0 Å². The van der Waals surface area contributed by atoms with E-state index in [1.807, 2.05) is 18.2 Å². The number of nitrogens with zero attached hydrogens (tertiary/aromatic N) is 2. The molecule has 0 radical (unpaired) electrons. The van der Waals surface area contributed by atoms with E-state index >= 15 is 0 Å². The van der Waals surface area contributed by atoms with Gasteiger partial charge < -0.3 is 10.1 Å². The quantitative estimate of drug-likeness (QED) is 0.551. The molecule has 4 aromatic rings. The summed E-state index contributed by atoms with van der Waals surface area (Å²) in [5.74, 6) is -0.00158. The number of aromatic amines is 1. The Kier molecular flexibility index (Phi) is 2.23. The van der Waals surface area contributed by atoms with Gasteiger partial charge >= 0.3 is 0 Å². The smallest absolute Gasteiger partial charge is 0.223 e. The van der Waals surface area contributed by atoms with E-state index in [2.05, 4.69) is 45.3 Å². The molecule has 2 aromatic carbocycles. The second kappa shape index (κ2) is 4.06. The van der Waals surface area contributed by atoms with Crippen molar-refractivity contribution in [3.8, 4) is 17.1 Å². The van der Waals surface area contributed by atoms with Crippen LogP contribution >= 0.6 is 0 Å². The SMILES string of the molecule is Oc1ncnc2[nH]c(-c3ccc4ccccc4c3)cc12. The van der Waals surface area contributed by atoms with Crippen LogP contribution in [0.4, 0.5) is 0 Å². The third-order valence-electron chi connectivity index (χ3n) is 3.47. The van der Waals surface area contributed by atoms with E-state index in [1.54, 1.807) is 0 Å². The van der Waals surface area contributed by atoms with Gasteiger partial charge in [-0.1, -0.05) is 36.4 Å². The Morgan fingerprint density at radius 3 is 2.60 bits per heavy atom. The lowest BCUT2D eigenvalue weighted by atomic mass is 10.1. The molecule has 0 aliphatic heterocycles. The summed E-state index contributed by atoms with van der Waals surface area (Å²) in [5, 5.41) is 12.8. The lowest BCUT2D eigenvalue weighted by Gasteiger charge is -2.01. The maximum absolute atomic E-state index is 9.73. The van der Waals surface area contributed by atoms with Crippen LogP contribution in [0.25, 0.3) is 33.1 Å². The van der Waals surface area contributed by atoms with Crippen LogP contribution < -0.4 is 0 Å². The second-order valence-corrected chi connectivity index (χ2v) is 4.70. The van der Waals surface area contributed by atoms with E-state index in [-0.39, 0.29) is 5.88 Å². The molecule has 96 valence electrons. The molecule has 0 bridgehead atoms. The van der Waals surface area contributed by atoms with Gasteiger partial charge in [0.15, 0.2) is 0 Å². The summed E-state index contributed by atoms with van der Waals surface area (Å²) in [6.07, 6.45) is 1.35. The van der Waals surface area contributed by atoms with Crippen molar-refractivity contribution < 1.29 is 5.11 Å². The zero-order valence-corrected chi connectivity index (χ0v) is 10.5. The summed E-state index contributed by atoms with van der Waals surface area (Å²) >= 11 is 0. The number of fused-ring (bicyclic) bond motifs is 2. The number of aromatic hydroxyl groups is 1. The Labute approximate surface area is 114 Å². The second-order valence-electron chi connectivity index (χ2n) is 4.70. The normalized spacial score (nSPS) is 11.2. The summed E-state index contributed by atoms with van der Waals surface area (Å²) in [4.78, 5) is 11.1. The molecule has 4 rings (SSSR count). The molecule has 4 heteroatoms. The Hall–Kier alpha value is -2.88. The molecule has 2 heterocycles. The van der Waals surface area contributed by atoms with Crippen molar-refractivity contribution in [3.05, 3.63) is 54.9 Å². The van der Waals surface area contributed by atoms with Gasteiger partial charge in [0.25, 0.3) is 0 Å². The van der Waals surface area contributed by atoms with Crippen LogP contribution in [0.5, 0.6) is 5.88 Å². The minimum atomic E-state index is -0.00158. The fraction of sp³-hybridized carbons (Fsp3) is 0. The molecule has 2 aromatic heterocycles. The molecule has 0 saturated carbocycles. The average molecular weight is 261 g/mol. The largest absolute Gasteiger partial charge is 0.493 e. The Morgan fingerprint density at radius 2 is 1.75 bits per heavy atom. The van der Waals surface area contributed by atoms with Crippen molar-refractivity contribution in [2.75, 3.05) is 0 Å². The Morgan fingerprint density at radius 1 is 0.900 bits per heavy atom. The van der Waals surface area contributed by atoms with Gasteiger partial charge in [0.05, 0.1) is 5.39 Å². The first-order valence-corrected chi connectivity index (χ1v) is 6.33. The molecule has 0 amide bonds. The highest BCUT2D eigenvalue weighted by atomic mass is 16.3. The van der Waals surface area contributed by atoms with Gasteiger partial charge in [-0.25, -0.2) is 9.97 Å². The van der Waals surface area contributed by atoms with Gasteiger partial charge in [0.1, 0.15) is 12.0 Å². The molecule has 0 fully saturated rings. The molecular weight excluding hydrogens is 250 g/mol. The first kappa shape index (κ1) is 11.0. The third kappa shape index (κ3) is 1.62. The number of nitrogens with one attached hydrogen (secondary N) is 1. The topological polar surface area (TPSA) is 61.8 Å². The highest BCUT2D eigenvalue weighted by molar-refractivity contribution is 5.90. The highest BCUT2D eigenvalue weighted by Gasteiger charge is 2.08. The fourth-order valence-electron chi connectivity index (χ4n) is 2.44. The summed E-state index contributed by atoms with van der Waals surface area (Å²) < 4.78 is 0. The van der Waals surface area contributed by atoms with Crippen molar-refractivity contribution >= 4 is 21.8 Å². The molecule has 0 aliphatic carbocycles. The number of benzene rings is 2. The lowest BCUT2D eigenvalue weighted by Crippen LogP contribution is -1.80. The first-order valence-electron chi connectivity index (χ1n) is 6.33. The molecule has 20 heavy (non-hydrogen) atoms. The Bertz CT molecular complexity index is 927. The molecule has 4 nitrogen and oxygen atoms in total. The number of H-pyrrole nitrogens is 1. The zero-order chi connectivity index (χ0) is 13.5. The van der Waals surface area contributed by atoms with Gasteiger partial charge in [-0.2, -0.15) is 0 Å². The van der Waals surface area contributed by atoms with Crippen LogP contribution in [0, 0.1) is 0 Å². The first-order chi connectivity index (χ1) is 9.81. The van der Waals surface area contributed by atoms with Crippen LogP contribution in [-0.4, -0.2) is 20.1 Å². The molecule has 0 spiro atoms. The predicted octanol–water partition coefficient (Wildman–Crippen LogP) is 3.48. The number of aromatic nitrogens is 3. The Balaban J connectivity index is 1.94. The standard InChI is InChI=1S/C16H11N3O/c20-16-13-8-14(19-15(13)17-9-18-16)12-6-5-10-3-1-2-4-11(10)7-12/h1-9H,(H2,17,18,19,20). The van der Waals surface area contributed by atoms with E-state index in [0.29, 0.717) is 11.0 Å². The lowest BCUT2D eigenvalue weighted by molar-refractivity contribution is 0.459. The van der Waals surface area contributed by atoms with Crippen molar-refractivity contribution in [1.29, 1.82) is 0 Å². The van der Waals surface area contributed by atoms with E-state index < -0.39 is 0 Å². The van der Waals surface area contributed by atoms with Gasteiger partial charge in [-0.3, -0.25) is 0 Å². The summed E-state index contributed by atoms with van der Waals surface area (Å²) in [5.41, 5.74) is 2.61. The van der Waals surface area contributed by atoms with Crippen molar-refractivity contribution in [2.45, 2.75) is 0 Å². The van der Waals surface area contributed by atoms with E-state index in [4.69, 9.17) is 0 Å². The maximum Gasteiger partial charge on any atom is 0.223 e. The fourth-order valence-corrected chi connectivity index (χ4v) is 2.44. The van der Waals surface area contributed by atoms with Crippen LogP contribution in [0.15, 0.2) is 54.9 Å². The minimum Gasteiger partial charge on any atom is -0.493 e. The zero-order valence-electron chi connectivity index (χ0n) is 10.5. The van der Waals surface area contributed by atoms with Crippen molar-refractivity contribution in [2.24, 2.45) is 0 Å². The van der Waals surface area contributed by atoms with E-state index in [1.165, 1.54) is 17.1 Å². The monoisotopic (exact) mass is 261 g/mol. The molecule has 0 atom stereocenters. The van der Waals surface area contributed by atoms with Gasteiger partial charge in [-0.15, -0.1) is 0 Å². The number of rotatable bonds is 1. The molecule has 0 unspecified atom stereocenters. The van der Waals surface area contributed by atoms with Gasteiger partial charge in [0, 0.05) is 5.69 Å². The number of hydrogen-bond acceptors (Lipinski definition) is 3. The van der Waals surface area contributed by atoms with E-state index in [9.17, 15) is 5.11 Å². The van der Waals surface area contributed by atoms with Crippen LogP contribution in [0.2, 0.25) is 0 Å². The summed E-state index contributed by atoms with van der Waals surface area (Å²) in [7, 11) is 0. The minimum absolute atomic E-state index is 0.00158. The van der Waals surface area contributed by atoms with Gasteiger partial charge in [0.2, 0.25) is 5.88 Å². The van der Waals surface area contributed by atoms with E-state index in [0.717, 1.165) is 11.3 Å². The molecule has 0 saturated heterocycles. The van der Waals surface area contributed by atoms with Crippen molar-refractivity contribution in [3.63, 3.8) is 0 Å². The van der Waals surface area contributed by atoms with Crippen LogP contribution in [0.1, 0.15) is 0 Å². The maximum atomic E-state index is 9.73. The highest BCUT2D eigenvalue weighted by Crippen LogP contribution is 2.28. The average Bonchev–Trinajstić information content (AvgIpc) is 2.92. The van der Waals surface area contributed by atoms with Crippen LogP contribution in [0.3, 0.4) is 0 Å². The summed E-state index contributed by atoms with van der Waals surface area (Å²) in [6, 6.07) is 16.3. The van der Waals surface area contributed by atoms with Crippen molar-refractivity contribution in [1.82, 2.24) is 15.0 Å². The molecule has 0 aliphatic rings. The molecule has 2 N–H and O–H groups in total. The van der Waals surface area contributed by atoms with Gasteiger partial charge in [-0.05, 0) is 28.5 Å². The predicted molar refractivity (Wildman–Crippen MR) is 78.5 cm³/mol. The third-order valence-corrected chi connectivity index (χ3v) is 3.47. The molecular formula is C16H11N3O. The summed E-state index contributed by atoms with van der Waals surface area (Å²) in [6.45, 7) is 0.